The molecule has 0 radical (unpaired) electrons. The summed E-state index contributed by atoms with van der Waals surface area (Å²) in [6.45, 7) is -3.56. The van der Waals surface area contributed by atoms with Gasteiger partial charge in [-0.05, 0) is 33.6 Å². The summed E-state index contributed by atoms with van der Waals surface area (Å²) in [5, 5.41) is 13.5. The molecule has 52 heavy (non-hydrogen) atoms. The van der Waals surface area contributed by atoms with Gasteiger partial charge in [-0.25, -0.2) is 4.79 Å². The van der Waals surface area contributed by atoms with Crippen molar-refractivity contribution in [3.05, 3.63) is 167 Å². The fourth-order valence-electron chi connectivity index (χ4n) is 6.61. The van der Waals surface area contributed by atoms with E-state index in [0.29, 0.717) is 11.1 Å². The van der Waals surface area contributed by atoms with E-state index in [1.165, 1.54) is 36.3 Å². The Balaban J connectivity index is 1.62. The van der Waals surface area contributed by atoms with Gasteiger partial charge in [-0.2, -0.15) is 0 Å². The topological polar surface area (TPSA) is 133 Å². The number of benzene rings is 5. The molecule has 6 rings (SSSR count). The number of esters is 2. The number of methoxy groups -OCH3 is 1. The molecule has 0 spiro atoms. The number of ketones is 1. The number of Topliss-reactive ketones (excluding diaryl/α,β-unsaturated/α-hetero) is 1. The van der Waals surface area contributed by atoms with E-state index in [4.69, 9.17) is 9.47 Å². The summed E-state index contributed by atoms with van der Waals surface area (Å²) in [6, 6.07) is 41.5. The number of hydrogen-bond acceptors (Lipinski definition) is 8. The fourth-order valence-corrected chi connectivity index (χ4v) is 11.0. The number of nitrogens with zero attached hydrogens (tertiary/aromatic N) is 2. The first kappa shape index (κ1) is 35.7. The van der Waals surface area contributed by atoms with Crippen LogP contribution < -0.4 is 15.9 Å². The lowest BCUT2D eigenvalue weighted by Gasteiger charge is -2.47. The third-order valence-corrected chi connectivity index (χ3v) is 13.4. The minimum atomic E-state index is -3.31. The van der Waals surface area contributed by atoms with E-state index in [2.05, 4.69) is 0 Å². The monoisotopic (exact) mass is 714 g/mol. The normalized spacial score (nSPS) is 14.4. The lowest BCUT2D eigenvalue weighted by molar-refractivity contribution is -0.384. The van der Waals surface area contributed by atoms with Gasteiger partial charge in [-0.15, -0.1) is 0 Å². The molecule has 2 atom stereocenters. The van der Waals surface area contributed by atoms with Gasteiger partial charge >= 0.3 is 11.9 Å². The highest BCUT2D eigenvalue weighted by molar-refractivity contribution is 7.96. The van der Waals surface area contributed by atoms with E-state index in [-0.39, 0.29) is 36.3 Å². The van der Waals surface area contributed by atoms with E-state index < -0.39 is 41.6 Å². The Labute approximate surface area is 300 Å². The Bertz CT molecular complexity index is 2040. The largest absolute Gasteiger partial charge is 0.469 e. The van der Waals surface area contributed by atoms with Crippen molar-refractivity contribution in [1.29, 1.82) is 0 Å². The van der Waals surface area contributed by atoms with Crippen LogP contribution in [0.25, 0.3) is 0 Å². The minimum absolute atomic E-state index is 0.0509. The van der Waals surface area contributed by atoms with E-state index in [1.807, 2.05) is 91.0 Å². The second-order valence-corrected chi connectivity index (χ2v) is 15.5. The summed E-state index contributed by atoms with van der Waals surface area (Å²) in [6.07, 6.45) is -0.422. The molecule has 0 N–H and O–H groups in total. The molecular weight excluding hydrogens is 679 g/mol. The van der Waals surface area contributed by atoms with Gasteiger partial charge in [0.2, 0.25) is 5.91 Å². The average molecular weight is 715 g/mol. The summed E-state index contributed by atoms with van der Waals surface area (Å²) in [7, 11) is 1.24. The number of hydrogen-bond donors (Lipinski definition) is 0. The van der Waals surface area contributed by atoms with E-state index in [1.54, 1.807) is 30.3 Å². The maximum atomic E-state index is 15.0. The lowest BCUT2D eigenvalue weighted by Crippen LogP contribution is -2.63. The van der Waals surface area contributed by atoms with Crippen LogP contribution in [0.2, 0.25) is 0 Å². The Morgan fingerprint density at radius 3 is 1.69 bits per heavy atom. The first-order valence-electron chi connectivity index (χ1n) is 16.6. The second-order valence-electron chi connectivity index (χ2n) is 12.2. The standard InChI is InChI=1S/C41H35N2O8P/c1-50-38(45)26-35(39(46)30-14-6-2-7-15-30)36-27-37(44)42(36)40(41(47)51-28-29-22-24-31(25-23-29)43(48)49)52(32-16-8-3-9-17-32,33-18-10-4-11-19-33)34-20-12-5-13-21-34/h2-25,35-36H,26-28H2,1H3. The number of likely N-dealkylation sites (tertiary alicyclic amines) is 1. The van der Waals surface area contributed by atoms with Gasteiger partial charge in [-0.3, -0.25) is 24.5 Å². The smallest absolute Gasteiger partial charge is 0.356 e. The number of carbonyl (C=O) groups is 4. The van der Waals surface area contributed by atoms with Gasteiger partial charge in [0.05, 0.1) is 30.4 Å². The number of carbonyl (C=O) groups excluding carboxylic acids is 4. The predicted octanol–water partition coefficient (Wildman–Crippen LogP) is 5.43. The number of β-lactam (4-membered cyclic amide) rings is 1. The van der Waals surface area contributed by atoms with Crippen LogP contribution in [0.4, 0.5) is 5.69 Å². The molecule has 1 heterocycles. The number of rotatable bonds is 13. The number of amides is 1. The quantitative estimate of drug-likeness (QED) is 0.0394. The maximum Gasteiger partial charge on any atom is 0.356 e. The van der Waals surface area contributed by atoms with Crippen molar-refractivity contribution in [2.24, 2.45) is 5.92 Å². The molecule has 0 bridgehead atoms. The molecule has 5 aromatic carbocycles. The molecule has 2 unspecified atom stereocenters. The van der Waals surface area contributed by atoms with Crippen LogP contribution in [0.15, 0.2) is 146 Å². The van der Waals surface area contributed by atoms with Crippen LogP contribution in [-0.2, 0) is 30.5 Å². The highest BCUT2D eigenvalue weighted by Crippen LogP contribution is 2.49. The molecule has 1 amide bonds. The number of ether oxygens (including phenoxy) is 2. The number of nitro benzene ring substituents is 1. The van der Waals surface area contributed by atoms with Crippen LogP contribution in [0, 0.1) is 16.0 Å². The summed E-state index contributed by atoms with van der Waals surface area (Å²) in [5.74, 6) is -3.25. The zero-order valence-corrected chi connectivity index (χ0v) is 29.1. The van der Waals surface area contributed by atoms with Gasteiger partial charge in [0.15, 0.2) is 5.78 Å². The van der Waals surface area contributed by atoms with Crippen molar-refractivity contribution in [2.45, 2.75) is 25.5 Å². The summed E-state index contributed by atoms with van der Waals surface area (Å²) in [4.78, 5) is 68.4. The number of non-ortho nitro benzene ring substituents is 1. The summed E-state index contributed by atoms with van der Waals surface area (Å²) in [5.41, 5.74) is 0.789. The third kappa shape index (κ3) is 7.06. The first-order valence-corrected chi connectivity index (χ1v) is 18.4. The summed E-state index contributed by atoms with van der Waals surface area (Å²) < 4.78 is 11.1. The second kappa shape index (κ2) is 15.8. The van der Waals surface area contributed by atoms with Crippen molar-refractivity contribution in [1.82, 2.24) is 4.90 Å². The van der Waals surface area contributed by atoms with Crippen molar-refractivity contribution < 1.29 is 33.6 Å². The maximum absolute atomic E-state index is 15.0. The minimum Gasteiger partial charge on any atom is -0.469 e. The molecule has 1 saturated heterocycles. The Morgan fingerprint density at radius 2 is 1.25 bits per heavy atom. The van der Waals surface area contributed by atoms with Crippen LogP contribution in [0.3, 0.4) is 0 Å². The Hall–Kier alpha value is -6.12. The molecule has 1 fully saturated rings. The van der Waals surface area contributed by atoms with Crippen molar-refractivity contribution in [2.75, 3.05) is 7.11 Å². The van der Waals surface area contributed by atoms with Crippen LogP contribution in [0.5, 0.6) is 0 Å². The van der Waals surface area contributed by atoms with Gasteiger partial charge in [0.1, 0.15) is 12.0 Å². The summed E-state index contributed by atoms with van der Waals surface area (Å²) >= 11 is 0. The zero-order valence-electron chi connectivity index (χ0n) is 28.2. The van der Waals surface area contributed by atoms with Crippen molar-refractivity contribution >= 4 is 57.5 Å². The Kier molecular flexibility index (Phi) is 10.9. The molecule has 0 aromatic heterocycles. The van der Waals surface area contributed by atoms with Crippen molar-refractivity contribution in [3.63, 3.8) is 0 Å². The lowest BCUT2D eigenvalue weighted by atomic mass is 9.81. The van der Waals surface area contributed by atoms with Crippen molar-refractivity contribution in [3.8, 4) is 0 Å². The van der Waals surface area contributed by atoms with Gasteiger partial charge < -0.3 is 14.4 Å². The number of nitro groups is 1. The van der Waals surface area contributed by atoms with E-state index in [0.717, 1.165) is 15.9 Å². The molecule has 11 heteroatoms. The predicted molar refractivity (Wildman–Crippen MR) is 199 cm³/mol. The molecule has 0 saturated carbocycles. The average Bonchev–Trinajstić information content (AvgIpc) is 3.19. The molecular formula is C41H35N2O8P. The van der Waals surface area contributed by atoms with Gasteiger partial charge in [0.25, 0.3) is 5.69 Å². The molecule has 1 aliphatic rings. The molecule has 5 aromatic rings. The van der Waals surface area contributed by atoms with E-state index >= 15 is 4.79 Å². The first-order chi connectivity index (χ1) is 25.2. The van der Waals surface area contributed by atoms with Crippen LogP contribution in [0.1, 0.15) is 28.8 Å². The SMILES string of the molecule is COC(=O)CC(C(=O)c1ccccc1)C1CC(=O)N1C(C(=O)OCc1ccc([N+](=O)[O-])cc1)=P(c1ccccc1)(c1ccccc1)c1ccccc1. The molecule has 1 aliphatic heterocycles. The highest BCUT2D eigenvalue weighted by Gasteiger charge is 2.51. The zero-order chi connectivity index (χ0) is 36.7. The fraction of sp³-hybridized carbons (Fsp3) is 0.146. The molecule has 10 nitrogen and oxygen atoms in total. The third-order valence-electron chi connectivity index (χ3n) is 9.13. The van der Waals surface area contributed by atoms with Gasteiger partial charge in [-0.1, -0.05) is 121 Å². The highest BCUT2D eigenvalue weighted by atomic mass is 31.2. The molecule has 0 aliphatic carbocycles. The van der Waals surface area contributed by atoms with Crippen LogP contribution in [-0.4, -0.2) is 52.0 Å². The van der Waals surface area contributed by atoms with E-state index in [9.17, 15) is 24.5 Å². The van der Waals surface area contributed by atoms with Crippen LogP contribution >= 0.6 is 6.89 Å². The molecule has 262 valence electrons. The Morgan fingerprint density at radius 1 is 0.769 bits per heavy atom. The van der Waals surface area contributed by atoms with Gasteiger partial charge in [0, 0.05) is 31.0 Å².